The Balaban J connectivity index is 1.68. The molecule has 2 aliphatic carbocycles. The summed E-state index contributed by atoms with van der Waals surface area (Å²) in [6.07, 6.45) is 8.79. The van der Waals surface area contributed by atoms with E-state index in [1.54, 1.807) is 11.8 Å². The summed E-state index contributed by atoms with van der Waals surface area (Å²) in [6.45, 7) is 4.86. The second-order valence-corrected chi connectivity index (χ2v) is 7.75. The van der Waals surface area contributed by atoms with Gasteiger partial charge in [-0.05, 0) is 41.2 Å². The Labute approximate surface area is 146 Å². The summed E-state index contributed by atoms with van der Waals surface area (Å²) in [5.74, 6) is 4.76. The zero-order chi connectivity index (χ0) is 16.6. The molecule has 2 aromatic rings. The number of hydrogen-bond acceptors (Lipinski definition) is 0. The lowest BCUT2D eigenvalue weighted by atomic mass is 9.70. The Bertz CT molecular complexity index is 695. The molecule has 2 radical (unpaired) electrons. The first-order chi connectivity index (χ1) is 11.7. The van der Waals surface area contributed by atoms with Crippen LogP contribution in [0.2, 0.25) is 0 Å². The van der Waals surface area contributed by atoms with Crippen LogP contribution in [0.25, 0.3) is 6.08 Å². The molecule has 0 spiro atoms. The van der Waals surface area contributed by atoms with Gasteiger partial charge < -0.3 is 0 Å². The second kappa shape index (κ2) is 6.24. The summed E-state index contributed by atoms with van der Waals surface area (Å²) < 4.78 is 0. The number of rotatable bonds is 3. The second-order valence-electron chi connectivity index (χ2n) is 7.75. The minimum Gasteiger partial charge on any atom is -0.0760 e. The molecular formula is C24H26. The lowest BCUT2D eigenvalue weighted by molar-refractivity contribution is 0.442. The third kappa shape index (κ3) is 2.62. The van der Waals surface area contributed by atoms with Gasteiger partial charge in [-0.25, -0.2) is 0 Å². The standard InChI is InChI=1S/C24H26/c1-24(2)22(17-16-18-10-5-3-6-11-18)20-14-9-15-21(20)23(24)19-12-7-4-8-13-19/h3-8,10-13,16-17,20-21H,9,14-15H2,1-2H3/b17-16+. The van der Waals surface area contributed by atoms with Crippen molar-refractivity contribution in [3.8, 4) is 0 Å². The summed E-state index contributed by atoms with van der Waals surface area (Å²) in [7, 11) is 0. The summed E-state index contributed by atoms with van der Waals surface area (Å²) in [4.78, 5) is 0. The highest BCUT2D eigenvalue weighted by Gasteiger charge is 2.56. The van der Waals surface area contributed by atoms with E-state index in [1.165, 1.54) is 30.4 Å². The third-order valence-corrected chi connectivity index (χ3v) is 6.02. The Kier molecular flexibility index (Phi) is 4.08. The maximum atomic E-state index is 2.43. The van der Waals surface area contributed by atoms with Crippen molar-refractivity contribution in [3.05, 3.63) is 89.7 Å². The number of fused-ring (bicyclic) bond motifs is 1. The molecule has 0 aromatic heterocycles. The zero-order valence-electron chi connectivity index (χ0n) is 14.7. The maximum absolute atomic E-state index is 2.43. The normalized spacial score (nSPS) is 26.9. The number of allylic oxidation sites excluding steroid dienone is 1. The number of hydrogen-bond donors (Lipinski definition) is 0. The van der Waals surface area contributed by atoms with Crippen LogP contribution >= 0.6 is 0 Å². The molecule has 2 aromatic carbocycles. The van der Waals surface area contributed by atoms with Gasteiger partial charge in [-0.2, -0.15) is 0 Å². The van der Waals surface area contributed by atoms with Crippen LogP contribution in [0.3, 0.4) is 0 Å². The van der Waals surface area contributed by atoms with Crippen LogP contribution in [0, 0.1) is 29.1 Å². The van der Waals surface area contributed by atoms with Crippen molar-refractivity contribution < 1.29 is 0 Å². The molecule has 0 aliphatic heterocycles. The molecule has 2 atom stereocenters. The highest BCUT2D eigenvalue weighted by molar-refractivity contribution is 5.56. The average Bonchev–Trinajstić information content (AvgIpc) is 3.12. The molecule has 0 heteroatoms. The van der Waals surface area contributed by atoms with Crippen LogP contribution in [0.15, 0.2) is 66.7 Å². The molecule has 0 nitrogen and oxygen atoms in total. The predicted molar refractivity (Wildman–Crippen MR) is 102 cm³/mol. The molecule has 122 valence electrons. The first kappa shape index (κ1) is 15.7. The fourth-order valence-corrected chi connectivity index (χ4v) is 5.04. The Morgan fingerprint density at radius 3 is 2.12 bits per heavy atom. The smallest absolute Gasteiger partial charge is 0.0149 e. The summed E-state index contributed by atoms with van der Waals surface area (Å²) >= 11 is 0. The summed E-state index contributed by atoms with van der Waals surface area (Å²) in [5.41, 5.74) is 2.90. The van der Waals surface area contributed by atoms with E-state index in [1.807, 2.05) is 0 Å². The average molecular weight is 314 g/mol. The quantitative estimate of drug-likeness (QED) is 0.619. The first-order valence-corrected chi connectivity index (χ1v) is 9.21. The topological polar surface area (TPSA) is 0 Å². The molecule has 2 aliphatic rings. The Morgan fingerprint density at radius 2 is 1.42 bits per heavy atom. The van der Waals surface area contributed by atoms with Gasteiger partial charge in [0.25, 0.3) is 0 Å². The van der Waals surface area contributed by atoms with E-state index in [4.69, 9.17) is 0 Å². The van der Waals surface area contributed by atoms with Gasteiger partial charge in [0.05, 0.1) is 0 Å². The van der Waals surface area contributed by atoms with Gasteiger partial charge >= 0.3 is 0 Å². The van der Waals surface area contributed by atoms with Crippen LogP contribution in [0.4, 0.5) is 0 Å². The summed E-state index contributed by atoms with van der Waals surface area (Å²) in [6, 6.07) is 21.8. The summed E-state index contributed by atoms with van der Waals surface area (Å²) in [5, 5.41) is 0. The van der Waals surface area contributed by atoms with Crippen molar-refractivity contribution in [1.29, 1.82) is 0 Å². The van der Waals surface area contributed by atoms with E-state index in [9.17, 15) is 0 Å². The van der Waals surface area contributed by atoms with E-state index in [0.29, 0.717) is 0 Å². The highest BCUT2D eigenvalue weighted by atomic mass is 14.6. The van der Waals surface area contributed by atoms with Gasteiger partial charge in [-0.1, -0.05) is 93.1 Å². The molecule has 24 heavy (non-hydrogen) atoms. The molecule has 0 saturated heterocycles. The van der Waals surface area contributed by atoms with Crippen LogP contribution in [0.5, 0.6) is 0 Å². The van der Waals surface area contributed by atoms with Crippen LogP contribution in [-0.2, 0) is 0 Å². The fourth-order valence-electron chi connectivity index (χ4n) is 5.04. The van der Waals surface area contributed by atoms with Crippen molar-refractivity contribution in [1.82, 2.24) is 0 Å². The van der Waals surface area contributed by atoms with Crippen molar-refractivity contribution in [2.75, 3.05) is 0 Å². The van der Waals surface area contributed by atoms with Crippen LogP contribution in [-0.4, -0.2) is 0 Å². The predicted octanol–water partition coefficient (Wildman–Crippen LogP) is 6.35. The minimum atomic E-state index is 0.155. The Morgan fingerprint density at radius 1 is 0.792 bits per heavy atom. The zero-order valence-corrected chi connectivity index (χ0v) is 14.7. The molecule has 2 fully saturated rings. The highest BCUT2D eigenvalue weighted by Crippen LogP contribution is 2.64. The van der Waals surface area contributed by atoms with E-state index in [-0.39, 0.29) is 5.41 Å². The van der Waals surface area contributed by atoms with Crippen LogP contribution < -0.4 is 0 Å². The SMILES string of the molecule is CC1(C)[C](/C=C/c2ccccc2)C2CCCC2[C]1c1ccccc1. The van der Waals surface area contributed by atoms with Gasteiger partial charge in [0, 0.05) is 11.8 Å². The molecular weight excluding hydrogens is 288 g/mol. The van der Waals surface area contributed by atoms with Crippen LogP contribution in [0.1, 0.15) is 44.2 Å². The third-order valence-electron chi connectivity index (χ3n) is 6.02. The van der Waals surface area contributed by atoms with E-state index in [0.717, 1.165) is 11.8 Å². The minimum absolute atomic E-state index is 0.155. The molecule has 2 saturated carbocycles. The number of benzene rings is 2. The van der Waals surface area contributed by atoms with Gasteiger partial charge in [0.15, 0.2) is 0 Å². The molecule has 0 bridgehead atoms. The van der Waals surface area contributed by atoms with E-state index in [2.05, 4.69) is 86.7 Å². The molecule has 4 rings (SSSR count). The van der Waals surface area contributed by atoms with E-state index < -0.39 is 0 Å². The van der Waals surface area contributed by atoms with Gasteiger partial charge in [-0.3, -0.25) is 0 Å². The van der Waals surface area contributed by atoms with Crippen molar-refractivity contribution in [2.24, 2.45) is 17.3 Å². The van der Waals surface area contributed by atoms with Crippen molar-refractivity contribution >= 4 is 6.08 Å². The van der Waals surface area contributed by atoms with Gasteiger partial charge in [0.1, 0.15) is 0 Å². The largest absolute Gasteiger partial charge is 0.0760 e. The monoisotopic (exact) mass is 314 g/mol. The van der Waals surface area contributed by atoms with Gasteiger partial charge in [0.2, 0.25) is 0 Å². The molecule has 0 N–H and O–H groups in total. The maximum Gasteiger partial charge on any atom is 0.0149 e. The molecule has 2 unspecified atom stereocenters. The van der Waals surface area contributed by atoms with Gasteiger partial charge in [-0.15, -0.1) is 0 Å². The molecule has 0 heterocycles. The lowest BCUT2D eigenvalue weighted by Crippen LogP contribution is -2.25. The first-order valence-electron chi connectivity index (χ1n) is 9.21. The van der Waals surface area contributed by atoms with E-state index >= 15 is 0 Å². The fraction of sp³-hybridized carbons (Fsp3) is 0.333. The Hall–Kier alpha value is -1.82. The van der Waals surface area contributed by atoms with Crippen molar-refractivity contribution in [3.63, 3.8) is 0 Å². The lowest BCUT2D eigenvalue weighted by Gasteiger charge is -2.33. The molecule has 0 amide bonds. The van der Waals surface area contributed by atoms with Crippen molar-refractivity contribution in [2.45, 2.75) is 33.1 Å².